The van der Waals surface area contributed by atoms with Crippen molar-refractivity contribution in [2.75, 3.05) is 0 Å². The fourth-order valence-corrected chi connectivity index (χ4v) is 5.72. The molecule has 0 fully saturated rings. The molecule has 0 amide bonds. The first-order chi connectivity index (χ1) is 19.8. The van der Waals surface area contributed by atoms with Gasteiger partial charge in [0.15, 0.2) is 0 Å². The number of rotatable bonds is 3. The average molecular weight is 510 g/mol. The Hall–Kier alpha value is -5.41. The summed E-state index contributed by atoms with van der Waals surface area (Å²) in [6.45, 7) is 0. The third kappa shape index (κ3) is 3.71. The molecule has 3 heteroatoms. The first kappa shape index (κ1) is 22.6. The van der Waals surface area contributed by atoms with Crippen LogP contribution in [-0.2, 0) is 0 Å². The van der Waals surface area contributed by atoms with Crippen LogP contribution in [0.5, 0.6) is 0 Å². The highest BCUT2D eigenvalue weighted by Crippen LogP contribution is 2.36. The van der Waals surface area contributed by atoms with E-state index in [0.717, 1.165) is 55.6 Å². The van der Waals surface area contributed by atoms with E-state index < -0.39 is 0 Å². The maximum Gasteiger partial charge on any atom is 0.0972 e. The van der Waals surface area contributed by atoms with Crippen LogP contribution in [0.15, 0.2) is 140 Å². The molecule has 8 rings (SSSR count). The molecule has 8 aromatic rings. The van der Waals surface area contributed by atoms with Crippen molar-refractivity contribution in [3.05, 3.63) is 140 Å². The molecular formula is C37H23N3. The van der Waals surface area contributed by atoms with Crippen LogP contribution in [0.1, 0.15) is 0 Å². The summed E-state index contributed by atoms with van der Waals surface area (Å²) in [5.41, 5.74) is 7.89. The molecule has 0 saturated carbocycles. The van der Waals surface area contributed by atoms with Gasteiger partial charge in [0.25, 0.3) is 0 Å². The van der Waals surface area contributed by atoms with Crippen LogP contribution in [0.3, 0.4) is 0 Å². The lowest BCUT2D eigenvalue weighted by Gasteiger charge is -2.12. The second-order valence-electron chi connectivity index (χ2n) is 10.1. The summed E-state index contributed by atoms with van der Waals surface area (Å²) >= 11 is 0. The third-order valence-corrected chi connectivity index (χ3v) is 7.68. The SMILES string of the molecule is c1ccc(-c2cccc(-c3ccc4ccc5ccc(-c6cc7ccccc7c7ccccc67)nc5c4n3)c2)nc1. The molecule has 0 saturated heterocycles. The van der Waals surface area contributed by atoms with Gasteiger partial charge in [-0.3, -0.25) is 4.98 Å². The second kappa shape index (κ2) is 9.11. The molecule has 186 valence electrons. The van der Waals surface area contributed by atoms with E-state index in [1.165, 1.54) is 21.5 Å². The molecule has 40 heavy (non-hydrogen) atoms. The van der Waals surface area contributed by atoms with Crippen LogP contribution in [-0.4, -0.2) is 15.0 Å². The zero-order valence-electron chi connectivity index (χ0n) is 21.6. The topological polar surface area (TPSA) is 38.7 Å². The van der Waals surface area contributed by atoms with Crippen molar-refractivity contribution in [2.45, 2.75) is 0 Å². The standard InChI is InChI=1S/C37H23N3/c1-2-11-29-26(8-1)23-32(31-13-4-3-12-30(29)31)35-20-18-25-16-15-24-17-19-34(39-36(24)37(25)40-35)28-10-7-9-27(22-28)33-14-5-6-21-38-33/h1-23H. The highest BCUT2D eigenvalue weighted by molar-refractivity contribution is 6.14. The first-order valence-corrected chi connectivity index (χ1v) is 13.5. The minimum Gasteiger partial charge on any atom is -0.256 e. The summed E-state index contributed by atoms with van der Waals surface area (Å²) in [7, 11) is 0. The molecule has 0 radical (unpaired) electrons. The third-order valence-electron chi connectivity index (χ3n) is 7.68. The van der Waals surface area contributed by atoms with E-state index in [4.69, 9.17) is 9.97 Å². The average Bonchev–Trinajstić information content (AvgIpc) is 3.04. The first-order valence-electron chi connectivity index (χ1n) is 13.5. The molecule has 0 spiro atoms. The predicted molar refractivity (Wildman–Crippen MR) is 166 cm³/mol. The molecule has 3 heterocycles. The minimum absolute atomic E-state index is 0.908. The highest BCUT2D eigenvalue weighted by Gasteiger charge is 2.13. The second-order valence-corrected chi connectivity index (χ2v) is 10.1. The summed E-state index contributed by atoms with van der Waals surface area (Å²) in [6, 6.07) is 46.6. The van der Waals surface area contributed by atoms with Crippen LogP contribution in [0, 0.1) is 0 Å². The van der Waals surface area contributed by atoms with Crippen molar-refractivity contribution in [1.82, 2.24) is 15.0 Å². The van der Waals surface area contributed by atoms with E-state index in [2.05, 4.69) is 120 Å². The van der Waals surface area contributed by atoms with Crippen molar-refractivity contribution in [3.63, 3.8) is 0 Å². The largest absolute Gasteiger partial charge is 0.256 e. The summed E-state index contributed by atoms with van der Waals surface area (Å²) in [5, 5.41) is 7.06. The monoisotopic (exact) mass is 509 g/mol. The van der Waals surface area contributed by atoms with E-state index in [1.54, 1.807) is 0 Å². The van der Waals surface area contributed by atoms with Crippen LogP contribution >= 0.6 is 0 Å². The number of pyridine rings is 3. The van der Waals surface area contributed by atoms with E-state index >= 15 is 0 Å². The molecular weight excluding hydrogens is 486 g/mol. The normalized spacial score (nSPS) is 11.5. The Morgan fingerprint density at radius 1 is 0.375 bits per heavy atom. The minimum atomic E-state index is 0.908. The molecule has 0 bridgehead atoms. The molecule has 5 aromatic carbocycles. The Balaban J connectivity index is 1.33. The number of hydrogen-bond acceptors (Lipinski definition) is 3. The van der Waals surface area contributed by atoms with Crippen molar-refractivity contribution in [3.8, 4) is 33.8 Å². The van der Waals surface area contributed by atoms with Gasteiger partial charge in [0.1, 0.15) is 0 Å². The number of fused-ring (bicyclic) bond motifs is 6. The van der Waals surface area contributed by atoms with Crippen molar-refractivity contribution in [2.24, 2.45) is 0 Å². The molecule has 0 aliphatic heterocycles. The van der Waals surface area contributed by atoms with Gasteiger partial charge < -0.3 is 0 Å². The van der Waals surface area contributed by atoms with E-state index in [-0.39, 0.29) is 0 Å². The van der Waals surface area contributed by atoms with Crippen LogP contribution in [0.25, 0.3) is 77.1 Å². The molecule has 0 aliphatic rings. The van der Waals surface area contributed by atoms with E-state index in [1.807, 2.05) is 24.4 Å². The zero-order valence-corrected chi connectivity index (χ0v) is 21.6. The van der Waals surface area contributed by atoms with Gasteiger partial charge in [-0.05, 0) is 57.9 Å². The maximum atomic E-state index is 5.26. The van der Waals surface area contributed by atoms with Crippen molar-refractivity contribution in [1.29, 1.82) is 0 Å². The Morgan fingerprint density at radius 2 is 1.00 bits per heavy atom. The lowest BCUT2D eigenvalue weighted by Crippen LogP contribution is -1.92. The Kier molecular flexibility index (Phi) is 5.14. The predicted octanol–water partition coefficient (Wildman–Crippen LogP) is 9.49. The number of hydrogen-bond donors (Lipinski definition) is 0. The van der Waals surface area contributed by atoms with Crippen LogP contribution in [0.2, 0.25) is 0 Å². The van der Waals surface area contributed by atoms with E-state index in [9.17, 15) is 0 Å². The van der Waals surface area contributed by atoms with E-state index in [0.29, 0.717) is 0 Å². The summed E-state index contributed by atoms with van der Waals surface area (Å²) in [4.78, 5) is 15.0. The molecule has 0 atom stereocenters. The number of aromatic nitrogens is 3. The van der Waals surface area contributed by atoms with Crippen molar-refractivity contribution >= 4 is 43.4 Å². The zero-order chi connectivity index (χ0) is 26.5. The smallest absolute Gasteiger partial charge is 0.0972 e. The Morgan fingerprint density at radius 3 is 1.77 bits per heavy atom. The fraction of sp³-hybridized carbons (Fsp3) is 0. The molecule has 0 unspecified atom stereocenters. The molecule has 0 aliphatic carbocycles. The Labute approximate surface area is 231 Å². The van der Waals surface area contributed by atoms with Gasteiger partial charge in [0.05, 0.1) is 28.1 Å². The Bertz CT molecular complexity index is 2220. The lowest BCUT2D eigenvalue weighted by molar-refractivity contribution is 1.32. The summed E-state index contributed by atoms with van der Waals surface area (Å²) in [6.07, 6.45) is 1.82. The molecule has 3 aromatic heterocycles. The van der Waals surface area contributed by atoms with Gasteiger partial charge in [-0.15, -0.1) is 0 Å². The lowest BCUT2D eigenvalue weighted by atomic mass is 9.95. The van der Waals surface area contributed by atoms with Gasteiger partial charge >= 0.3 is 0 Å². The van der Waals surface area contributed by atoms with Gasteiger partial charge in [0.2, 0.25) is 0 Å². The van der Waals surface area contributed by atoms with Crippen molar-refractivity contribution < 1.29 is 0 Å². The highest BCUT2D eigenvalue weighted by atomic mass is 14.8. The molecule has 0 N–H and O–H groups in total. The van der Waals surface area contributed by atoms with Gasteiger partial charge in [-0.2, -0.15) is 0 Å². The van der Waals surface area contributed by atoms with Crippen LogP contribution < -0.4 is 0 Å². The fourth-order valence-electron chi connectivity index (χ4n) is 5.72. The summed E-state index contributed by atoms with van der Waals surface area (Å²) in [5.74, 6) is 0. The summed E-state index contributed by atoms with van der Waals surface area (Å²) < 4.78 is 0. The number of benzene rings is 5. The van der Waals surface area contributed by atoms with Gasteiger partial charge in [0, 0.05) is 33.7 Å². The van der Waals surface area contributed by atoms with Gasteiger partial charge in [-0.1, -0.05) is 97.1 Å². The van der Waals surface area contributed by atoms with Gasteiger partial charge in [-0.25, -0.2) is 9.97 Å². The quantitative estimate of drug-likeness (QED) is 0.223. The van der Waals surface area contributed by atoms with Crippen LogP contribution in [0.4, 0.5) is 0 Å². The maximum absolute atomic E-state index is 5.26. The molecule has 3 nitrogen and oxygen atoms in total. The number of nitrogens with zero attached hydrogens (tertiary/aromatic N) is 3.